The molecule has 2 aromatic carbocycles. The largest absolute Gasteiger partial charge is 0.493 e. The number of hydrogen-bond donors (Lipinski definition) is 0. The number of thiazole rings is 1. The molecule has 0 aliphatic carbocycles. The minimum absolute atomic E-state index is 0.0969. The molecule has 0 N–H and O–H groups in total. The maximum Gasteiger partial charge on any atom is 0.326 e. The molecular weight excluding hydrogens is 472 g/mol. The fourth-order valence-corrected chi connectivity index (χ4v) is 3.99. The highest BCUT2D eigenvalue weighted by atomic mass is 32.1. The first-order chi connectivity index (χ1) is 16.9. The molecule has 0 radical (unpaired) electrons. The van der Waals surface area contributed by atoms with Crippen LogP contribution in [-0.2, 0) is 30.3 Å². The number of amides is 1. The van der Waals surface area contributed by atoms with Gasteiger partial charge >= 0.3 is 11.9 Å². The number of ether oxygens (including phenoxy) is 4. The summed E-state index contributed by atoms with van der Waals surface area (Å²) in [5.74, 6) is -0.519. The monoisotopic (exact) mass is 498 g/mol. The fraction of sp³-hybridized carbons (Fsp3) is 0.280. The summed E-state index contributed by atoms with van der Waals surface area (Å²) in [5.41, 5.74) is 1.84. The Kier molecular flexibility index (Phi) is 9.19. The second-order valence-electron chi connectivity index (χ2n) is 7.17. The van der Waals surface area contributed by atoms with E-state index < -0.39 is 24.5 Å². The lowest BCUT2D eigenvalue weighted by atomic mass is 10.2. The van der Waals surface area contributed by atoms with Crippen molar-refractivity contribution in [1.82, 2.24) is 4.98 Å². The van der Waals surface area contributed by atoms with Gasteiger partial charge in [-0.25, -0.2) is 4.98 Å². The van der Waals surface area contributed by atoms with Crippen molar-refractivity contribution in [2.45, 2.75) is 13.3 Å². The molecule has 0 saturated heterocycles. The molecule has 9 nitrogen and oxygen atoms in total. The molecule has 0 unspecified atom stereocenters. The summed E-state index contributed by atoms with van der Waals surface area (Å²) in [6, 6.07) is 14.1. The van der Waals surface area contributed by atoms with Crippen molar-refractivity contribution < 1.29 is 33.3 Å². The van der Waals surface area contributed by atoms with E-state index in [4.69, 9.17) is 18.9 Å². The zero-order valence-corrected chi connectivity index (χ0v) is 20.5. The van der Waals surface area contributed by atoms with Crippen molar-refractivity contribution in [1.29, 1.82) is 0 Å². The van der Waals surface area contributed by atoms with E-state index in [1.54, 1.807) is 69.0 Å². The highest BCUT2D eigenvalue weighted by Crippen LogP contribution is 2.33. The van der Waals surface area contributed by atoms with Crippen LogP contribution in [0.5, 0.6) is 11.5 Å². The minimum atomic E-state index is -0.605. The van der Waals surface area contributed by atoms with E-state index in [-0.39, 0.29) is 19.6 Å². The van der Waals surface area contributed by atoms with Crippen molar-refractivity contribution >= 4 is 34.9 Å². The van der Waals surface area contributed by atoms with Crippen LogP contribution in [0.3, 0.4) is 0 Å². The Bertz CT molecular complexity index is 1160. The zero-order chi connectivity index (χ0) is 25.2. The summed E-state index contributed by atoms with van der Waals surface area (Å²) in [7, 11) is 3.11. The number of carbonyl (C=O) groups excluding carboxylic acids is 3. The van der Waals surface area contributed by atoms with Gasteiger partial charge in [-0.2, -0.15) is 0 Å². The smallest absolute Gasteiger partial charge is 0.326 e. The topological polar surface area (TPSA) is 104 Å². The molecule has 10 heteroatoms. The standard InChI is InChI=1S/C25H26N2O7S/c1-4-33-24(30)14-27(19-8-6-5-7-9-19)22(28)15-34-23(29)13-18-16-35-25(26-18)17-10-11-20(31-2)21(12-17)32-3/h5-12,16H,4,13-15H2,1-3H3. The third kappa shape index (κ3) is 7.03. The Balaban J connectivity index is 1.61. The van der Waals surface area contributed by atoms with Gasteiger partial charge in [0.05, 0.1) is 32.9 Å². The van der Waals surface area contributed by atoms with Gasteiger partial charge in [-0.15, -0.1) is 11.3 Å². The normalized spacial score (nSPS) is 10.4. The molecule has 3 rings (SSSR count). The summed E-state index contributed by atoms with van der Waals surface area (Å²) in [6.07, 6.45) is -0.0969. The van der Waals surface area contributed by atoms with Crippen molar-refractivity contribution in [3.05, 3.63) is 59.6 Å². The van der Waals surface area contributed by atoms with Gasteiger partial charge in [-0.1, -0.05) is 18.2 Å². The lowest BCUT2D eigenvalue weighted by Crippen LogP contribution is -2.39. The molecule has 0 atom stereocenters. The Morgan fingerprint density at radius 1 is 0.943 bits per heavy atom. The Hall–Kier alpha value is -3.92. The molecule has 1 aromatic heterocycles. The third-order valence-corrected chi connectivity index (χ3v) is 5.77. The number of esters is 2. The van der Waals surface area contributed by atoms with E-state index in [1.165, 1.54) is 16.2 Å². The first-order valence-electron chi connectivity index (χ1n) is 10.8. The number of nitrogens with zero attached hydrogens (tertiary/aromatic N) is 2. The first kappa shape index (κ1) is 25.7. The van der Waals surface area contributed by atoms with Crippen LogP contribution < -0.4 is 14.4 Å². The predicted molar refractivity (Wildman–Crippen MR) is 131 cm³/mol. The summed E-state index contributed by atoms with van der Waals surface area (Å²) < 4.78 is 20.7. The van der Waals surface area contributed by atoms with Crippen LogP contribution in [0.15, 0.2) is 53.9 Å². The van der Waals surface area contributed by atoms with Crippen LogP contribution in [0, 0.1) is 0 Å². The van der Waals surface area contributed by atoms with Gasteiger partial charge in [0.25, 0.3) is 5.91 Å². The maximum atomic E-state index is 12.7. The predicted octanol–water partition coefficient (Wildman–Crippen LogP) is 3.51. The Morgan fingerprint density at radius 2 is 1.69 bits per heavy atom. The van der Waals surface area contributed by atoms with Crippen molar-refractivity contribution in [2.75, 3.05) is 38.9 Å². The van der Waals surface area contributed by atoms with E-state index in [2.05, 4.69) is 4.98 Å². The van der Waals surface area contributed by atoms with E-state index in [0.717, 1.165) is 5.56 Å². The highest BCUT2D eigenvalue weighted by molar-refractivity contribution is 7.13. The van der Waals surface area contributed by atoms with Crippen molar-refractivity contribution in [3.63, 3.8) is 0 Å². The molecule has 0 fully saturated rings. The molecule has 184 valence electrons. The van der Waals surface area contributed by atoms with Crippen LogP contribution >= 0.6 is 11.3 Å². The second-order valence-corrected chi connectivity index (χ2v) is 8.03. The Labute approximate surface area is 207 Å². The number of aromatic nitrogens is 1. The lowest BCUT2D eigenvalue weighted by Gasteiger charge is -2.21. The van der Waals surface area contributed by atoms with Gasteiger partial charge < -0.3 is 18.9 Å². The molecule has 0 bridgehead atoms. The summed E-state index contributed by atoms with van der Waals surface area (Å²) >= 11 is 1.37. The van der Waals surface area contributed by atoms with Gasteiger partial charge in [0.2, 0.25) is 0 Å². The fourth-order valence-electron chi connectivity index (χ4n) is 3.18. The van der Waals surface area contributed by atoms with Gasteiger partial charge in [-0.05, 0) is 37.3 Å². The number of carbonyl (C=O) groups is 3. The van der Waals surface area contributed by atoms with Crippen LogP contribution in [0.4, 0.5) is 5.69 Å². The maximum absolute atomic E-state index is 12.7. The molecule has 0 aliphatic rings. The molecule has 0 aliphatic heterocycles. The molecule has 0 saturated carbocycles. The number of rotatable bonds is 11. The number of benzene rings is 2. The summed E-state index contributed by atoms with van der Waals surface area (Å²) in [5, 5.41) is 2.46. The average Bonchev–Trinajstić information content (AvgIpc) is 3.34. The van der Waals surface area contributed by atoms with Gasteiger partial charge in [0.15, 0.2) is 18.1 Å². The number of methoxy groups -OCH3 is 2. The number of anilines is 1. The molecule has 1 heterocycles. The van der Waals surface area contributed by atoms with Crippen LogP contribution in [0.2, 0.25) is 0 Å². The summed E-state index contributed by atoms with van der Waals surface area (Å²) in [6.45, 7) is 1.09. The minimum Gasteiger partial charge on any atom is -0.493 e. The van der Waals surface area contributed by atoms with Crippen LogP contribution in [0.1, 0.15) is 12.6 Å². The van der Waals surface area contributed by atoms with E-state index in [0.29, 0.717) is 27.9 Å². The van der Waals surface area contributed by atoms with Gasteiger partial charge in [0, 0.05) is 16.6 Å². The van der Waals surface area contributed by atoms with Crippen molar-refractivity contribution in [3.8, 4) is 22.1 Å². The van der Waals surface area contributed by atoms with E-state index >= 15 is 0 Å². The zero-order valence-electron chi connectivity index (χ0n) is 19.7. The number of hydrogen-bond acceptors (Lipinski definition) is 9. The second kappa shape index (κ2) is 12.5. The molecule has 1 amide bonds. The highest BCUT2D eigenvalue weighted by Gasteiger charge is 2.21. The Morgan fingerprint density at radius 3 is 2.37 bits per heavy atom. The van der Waals surface area contributed by atoms with Gasteiger partial charge in [0.1, 0.15) is 11.6 Å². The molecule has 35 heavy (non-hydrogen) atoms. The third-order valence-electron chi connectivity index (χ3n) is 4.83. The first-order valence-corrected chi connectivity index (χ1v) is 11.7. The van der Waals surface area contributed by atoms with E-state index in [1.807, 2.05) is 6.07 Å². The SMILES string of the molecule is CCOC(=O)CN(C(=O)COC(=O)Cc1csc(-c2ccc(OC)c(OC)c2)n1)c1ccccc1. The lowest BCUT2D eigenvalue weighted by molar-refractivity contribution is -0.147. The van der Waals surface area contributed by atoms with Crippen LogP contribution in [0.25, 0.3) is 10.6 Å². The molecular formula is C25H26N2O7S. The van der Waals surface area contributed by atoms with Gasteiger partial charge in [-0.3, -0.25) is 19.3 Å². The summed E-state index contributed by atoms with van der Waals surface area (Å²) in [4.78, 5) is 42.8. The van der Waals surface area contributed by atoms with E-state index in [9.17, 15) is 14.4 Å². The average molecular weight is 499 g/mol. The molecule has 3 aromatic rings. The van der Waals surface area contributed by atoms with Crippen molar-refractivity contribution in [2.24, 2.45) is 0 Å². The quantitative estimate of drug-likeness (QED) is 0.370. The van der Waals surface area contributed by atoms with Crippen LogP contribution in [-0.4, -0.2) is 56.8 Å². The molecule has 0 spiro atoms. The number of para-hydroxylation sites is 1.